The molecule has 0 aliphatic carbocycles. The maximum atomic E-state index is 14.0. The van der Waals surface area contributed by atoms with Gasteiger partial charge in [0.1, 0.15) is 60.7 Å². The van der Waals surface area contributed by atoms with Crippen LogP contribution < -0.4 is 35.8 Å². The zero-order valence-electron chi connectivity index (χ0n) is 59.1. The number of rotatable bonds is 38. The predicted octanol–water partition coefficient (Wildman–Crippen LogP) is 8.23. The predicted molar refractivity (Wildman–Crippen MR) is 400 cm³/mol. The van der Waals surface area contributed by atoms with Crippen LogP contribution in [0, 0.1) is 11.8 Å². The topological polar surface area (TPSA) is 397 Å². The number of carbonyl (C=O) groups excluding carboxylic acids is 3. The van der Waals surface area contributed by atoms with Gasteiger partial charge in [0, 0.05) is 115 Å². The van der Waals surface area contributed by atoms with E-state index in [0.717, 1.165) is 105 Å². The number of benzene rings is 3. The first kappa shape index (κ1) is 81.3. The fourth-order valence-corrected chi connectivity index (χ4v) is 19.7. The van der Waals surface area contributed by atoms with Crippen LogP contribution in [0.1, 0.15) is 157 Å². The Bertz CT molecular complexity index is 4490. The number of hydrogen-bond donors (Lipinski definition) is 7. The van der Waals surface area contributed by atoms with Crippen molar-refractivity contribution in [1.82, 2.24) is 24.4 Å². The molecule has 0 saturated carbocycles. The number of esters is 1. The number of nitrogens with zero attached hydrogens (tertiary/aromatic N) is 5. The molecule has 5 aromatic rings. The summed E-state index contributed by atoms with van der Waals surface area (Å²) in [5.74, 6) is 6.64. The Morgan fingerprint density at radius 3 is 2.37 bits per heavy atom. The normalized spacial score (nSPS) is 18.8. The number of anilines is 2. The lowest BCUT2D eigenvalue weighted by molar-refractivity contribution is -0.143. The molecule has 2 aromatic heterocycles. The number of Topliss-reactive ketones (excluding diaryl/α,β-unsaturated/α-hetero) is 1. The lowest BCUT2D eigenvalue weighted by Crippen LogP contribution is -2.45. The second kappa shape index (κ2) is 36.9. The Labute approximate surface area is 627 Å². The van der Waals surface area contributed by atoms with Crippen LogP contribution >= 0.6 is 45.1 Å². The minimum Gasteiger partial charge on any atom is -0.478 e. The summed E-state index contributed by atoms with van der Waals surface area (Å²) in [5.41, 5.74) is 16.1. The summed E-state index contributed by atoms with van der Waals surface area (Å²) >= 11 is 5.25. The van der Waals surface area contributed by atoms with Crippen molar-refractivity contribution < 1.29 is 109 Å². The Morgan fingerprint density at radius 1 is 0.840 bits per heavy atom. The molecule has 0 spiro atoms. The summed E-state index contributed by atoms with van der Waals surface area (Å²) in [6.07, 6.45) is 11.8. The van der Waals surface area contributed by atoms with Crippen molar-refractivity contribution in [2.75, 3.05) is 114 Å². The van der Waals surface area contributed by atoms with Crippen LogP contribution in [0.15, 0.2) is 42.9 Å². The molecule has 0 bridgehead atoms. The van der Waals surface area contributed by atoms with Crippen molar-refractivity contribution in [3.05, 3.63) is 104 Å². The van der Waals surface area contributed by atoms with E-state index in [1.54, 1.807) is 56.8 Å². The minimum atomic E-state index is -5.77. The summed E-state index contributed by atoms with van der Waals surface area (Å²) in [5, 5.41) is 16.1. The van der Waals surface area contributed by atoms with Gasteiger partial charge in [0.15, 0.2) is 5.78 Å². The molecule has 11 rings (SSSR count). The van der Waals surface area contributed by atoms with Gasteiger partial charge in [0.2, 0.25) is 5.36 Å². The lowest BCUT2D eigenvalue weighted by atomic mass is 9.81. The number of aryl methyl sites for hydroxylation is 2. The average Bonchev–Trinajstić information content (AvgIpc) is 1.03. The monoisotopic (exact) mass is 1600 g/mol. The van der Waals surface area contributed by atoms with Crippen molar-refractivity contribution in [2.45, 2.75) is 140 Å². The van der Waals surface area contributed by atoms with Gasteiger partial charge in [-0.1, -0.05) is 48.9 Å². The first-order valence-corrected chi connectivity index (χ1v) is 44.7. The van der Waals surface area contributed by atoms with Crippen LogP contribution in [0.4, 0.5) is 16.3 Å². The Hall–Kier alpha value is -5.73. The smallest absolute Gasteiger partial charge is 0.478 e. The molecule has 8 heterocycles. The number of carboxylic acid groups (broad SMARTS) is 1. The third-order valence-corrected chi connectivity index (χ3v) is 26.1. The molecule has 37 heteroatoms. The number of alkyl carbamates (subject to hydrolysis) is 1. The Kier molecular flexibility index (Phi) is 28.3. The molecule has 106 heavy (non-hydrogen) atoms. The van der Waals surface area contributed by atoms with Crippen molar-refractivity contribution in [3.8, 4) is 23.3 Å². The third kappa shape index (κ3) is 21.4. The van der Waals surface area contributed by atoms with Crippen LogP contribution in [-0.2, 0) is 111 Å². The van der Waals surface area contributed by atoms with Gasteiger partial charge in [0.25, 0.3) is 0 Å². The average molecular weight is 1610 g/mol. The van der Waals surface area contributed by atoms with Crippen LogP contribution in [-0.4, -0.2) is 184 Å². The van der Waals surface area contributed by atoms with Crippen molar-refractivity contribution in [2.24, 2.45) is 0 Å². The van der Waals surface area contributed by atoms with E-state index in [9.17, 15) is 47.8 Å². The van der Waals surface area contributed by atoms with Gasteiger partial charge in [-0.15, -0.1) is 0 Å². The molecule has 0 radical (unpaired) electrons. The highest BCUT2D eigenvalue weighted by molar-refractivity contribution is 8.77. The number of ketones is 1. The minimum absolute atomic E-state index is 0.00639. The van der Waals surface area contributed by atoms with E-state index >= 15 is 0 Å². The lowest BCUT2D eigenvalue weighted by Gasteiger charge is -2.39. The number of amides is 1. The summed E-state index contributed by atoms with van der Waals surface area (Å²) in [6.45, 7) is 9.65. The number of carbonyl (C=O) groups is 4. The van der Waals surface area contributed by atoms with Gasteiger partial charge in [-0.3, -0.25) is 14.1 Å². The number of unbranched alkanes of at least 4 members (excludes halogenated alkanes) is 1. The van der Waals surface area contributed by atoms with Crippen molar-refractivity contribution >= 4 is 118 Å². The standard InChI is InChI=1S/C69H88N7O23P3S4/c1-69(2,105-104-42-91-28-6-7-30-92-58(78)19-5-4-13-47-39-76(66-59(47)65(70)72-41-73-66)57-38-55(94-43-106(3)103)56(96-57)40-95-101(85,86)99-102(87,88)98-100(82,83)84)22-31-93-68(81)71-23-32-90-34-33-89-29-12-18-54(77)44-20-21-48(67(79)80)51(35-44)60-52-36-45-14-8-24-74-26-10-16-49(61(45)74)63(52)97-64-50-17-11-27-75-25-9-15-46(62(50)75)37-53(60)64/h20-21,35-37,39,41,55-57H,5-12,14-19,22-34,38,40,42-43H2,1-3H3,(H7-,70,71,72,73,79,80,81,82,83,84,85,86,87,88)/p+1/t55?,56-,57-,106?/m1/s1. The van der Waals surface area contributed by atoms with E-state index in [4.69, 9.17) is 69.1 Å². The van der Waals surface area contributed by atoms with Crippen LogP contribution in [0.5, 0.6) is 11.5 Å². The highest BCUT2D eigenvalue weighted by Crippen LogP contribution is 2.66. The third-order valence-electron chi connectivity index (χ3n) is 18.5. The molecule has 30 nitrogen and oxygen atoms in total. The molecule has 1 fully saturated rings. The number of ether oxygens (including phenoxy) is 8. The largest absolute Gasteiger partial charge is 0.490 e. The fraction of sp³-hybridized carbons (Fsp3) is 0.551. The molecule has 8 N–H and O–H groups in total. The molecule has 576 valence electrons. The number of phosphoric acid groups is 3. The van der Waals surface area contributed by atoms with E-state index in [1.807, 2.05) is 0 Å². The number of phosphoric ester groups is 1. The molecule has 3 aromatic carbocycles. The molecule has 4 unspecified atom stereocenters. The number of nitrogens with two attached hydrogens (primary N) is 1. The van der Waals surface area contributed by atoms with E-state index < -0.39 is 76.0 Å². The molecular formula is C69H89N7O23P3S4+. The zero-order valence-corrected chi connectivity index (χ0v) is 65.0. The summed E-state index contributed by atoms with van der Waals surface area (Å²) < 4.78 is 99.2. The Balaban J connectivity index is 0.536. The van der Waals surface area contributed by atoms with Gasteiger partial charge in [-0.2, -0.15) is 8.62 Å². The van der Waals surface area contributed by atoms with Crippen molar-refractivity contribution in [3.63, 3.8) is 0 Å². The van der Waals surface area contributed by atoms with Gasteiger partial charge in [-0.05, 0) is 131 Å². The number of carboxylic acids is 1. The van der Waals surface area contributed by atoms with Gasteiger partial charge in [0.05, 0.1) is 80.2 Å². The summed E-state index contributed by atoms with van der Waals surface area (Å²) in [6, 6.07) is 9.50. The maximum absolute atomic E-state index is 14.0. The summed E-state index contributed by atoms with van der Waals surface area (Å²) in [4.78, 5) is 101. The highest BCUT2D eigenvalue weighted by atomic mass is 33.1. The van der Waals surface area contributed by atoms with Crippen LogP contribution in [0.25, 0.3) is 16.6 Å². The first-order valence-electron chi connectivity index (χ1n) is 35.1. The van der Waals surface area contributed by atoms with Gasteiger partial charge < -0.3 is 83.1 Å². The molecule has 6 atom stereocenters. The summed E-state index contributed by atoms with van der Waals surface area (Å²) in [7, 11) is -14.3. The number of nitrogens with one attached hydrogen (secondary N) is 1. The van der Waals surface area contributed by atoms with E-state index in [0.29, 0.717) is 79.2 Å². The van der Waals surface area contributed by atoms with Gasteiger partial charge in [-0.25, -0.2) is 37.8 Å². The van der Waals surface area contributed by atoms with E-state index in [-0.39, 0.29) is 86.5 Å². The molecule has 6 aliphatic rings. The number of hydrogen-bond acceptors (Lipinski definition) is 25. The molecule has 1 amide bonds. The van der Waals surface area contributed by atoms with E-state index in [1.165, 1.54) is 39.6 Å². The zero-order chi connectivity index (χ0) is 75.3. The second-order valence-electron chi connectivity index (χ2n) is 26.7. The van der Waals surface area contributed by atoms with E-state index in [2.05, 4.69) is 71.2 Å². The number of nitrogen functional groups attached to an aromatic ring is 1. The molecule has 1 saturated heterocycles. The van der Waals surface area contributed by atoms with Gasteiger partial charge >= 0.3 is 41.5 Å². The van der Waals surface area contributed by atoms with Crippen LogP contribution in [0.3, 0.4) is 0 Å². The number of aromatic carboxylic acids is 1. The molecule has 6 aliphatic heterocycles. The SMILES string of the molecule is CS(=S)COC1C[C@H](n2cc(C#CCCC(=O)OCCCCOCSSC(C)(C)CCOC(=O)NCCOCCOCCCC(=O)c3ccc(C(=O)O)c(C4=c5cc6c7c(c5Oc5c4cc4c8c5CCCN8CCC4)CCC[N+]=7CCC6)c3)c3c(N)ncnc32)O[C@@H]1COP(=O)(O)OP(=O)(O)OP(=O)(O)O. The maximum Gasteiger partial charge on any atom is 0.490 e. The number of aromatic nitrogens is 3. The second-order valence-corrected chi connectivity index (χ2v) is 37.2. The van der Waals surface area contributed by atoms with Crippen LogP contribution in [0.2, 0.25) is 0 Å². The first-order chi connectivity index (χ1) is 50.7. The Morgan fingerprint density at radius 2 is 1.58 bits per heavy atom. The fourth-order valence-electron chi connectivity index (χ4n) is 13.9. The quantitative estimate of drug-likeness (QED) is 0.00280. The highest BCUT2D eigenvalue weighted by Gasteiger charge is 2.45. The molecular weight excluding hydrogens is 1520 g/mol. The van der Waals surface area contributed by atoms with Crippen molar-refractivity contribution in [1.29, 1.82) is 0 Å². The number of fused-ring (bicyclic) bond motifs is 5.